The van der Waals surface area contributed by atoms with Crippen molar-refractivity contribution in [1.82, 2.24) is 4.98 Å². The molecule has 0 saturated heterocycles. The Morgan fingerprint density at radius 1 is 1.35 bits per heavy atom. The predicted octanol–water partition coefficient (Wildman–Crippen LogP) is 3.15. The van der Waals surface area contributed by atoms with Crippen LogP contribution in [0.1, 0.15) is 32.1 Å². The monoisotopic (exact) mass is 293 g/mol. The molecule has 3 N–H and O–H groups in total. The SMILES string of the molecule is CSC1CCCC1Nc1ccc(N)c(OCC2CC2)n1. The van der Waals surface area contributed by atoms with E-state index in [9.17, 15) is 0 Å². The van der Waals surface area contributed by atoms with Crippen molar-refractivity contribution in [1.29, 1.82) is 0 Å². The lowest BCUT2D eigenvalue weighted by atomic mass is 10.2. The third-order valence-electron chi connectivity index (χ3n) is 4.13. The second-order valence-corrected chi connectivity index (χ2v) is 6.88. The highest BCUT2D eigenvalue weighted by Crippen LogP contribution is 2.33. The zero-order valence-corrected chi connectivity index (χ0v) is 12.8. The highest BCUT2D eigenvalue weighted by molar-refractivity contribution is 7.99. The lowest BCUT2D eigenvalue weighted by Gasteiger charge is -2.20. The Hall–Kier alpha value is -1.10. The fraction of sp³-hybridized carbons (Fsp3) is 0.667. The fourth-order valence-corrected chi connectivity index (χ4v) is 3.63. The van der Waals surface area contributed by atoms with Gasteiger partial charge in [-0.25, -0.2) is 0 Å². The van der Waals surface area contributed by atoms with E-state index in [-0.39, 0.29) is 0 Å². The summed E-state index contributed by atoms with van der Waals surface area (Å²) >= 11 is 1.94. The Labute approximate surface area is 124 Å². The van der Waals surface area contributed by atoms with Crippen molar-refractivity contribution in [2.75, 3.05) is 23.9 Å². The van der Waals surface area contributed by atoms with Crippen LogP contribution < -0.4 is 15.8 Å². The number of nitrogens with two attached hydrogens (primary N) is 1. The van der Waals surface area contributed by atoms with Crippen molar-refractivity contribution in [3.63, 3.8) is 0 Å². The van der Waals surface area contributed by atoms with Gasteiger partial charge in [0.15, 0.2) is 0 Å². The van der Waals surface area contributed by atoms with Gasteiger partial charge >= 0.3 is 0 Å². The summed E-state index contributed by atoms with van der Waals surface area (Å²) < 4.78 is 5.74. The van der Waals surface area contributed by atoms with E-state index in [1.807, 2.05) is 23.9 Å². The average molecular weight is 293 g/mol. The van der Waals surface area contributed by atoms with Crippen molar-refractivity contribution in [3.8, 4) is 5.88 Å². The summed E-state index contributed by atoms with van der Waals surface area (Å²) in [6.07, 6.45) is 8.54. The van der Waals surface area contributed by atoms with Gasteiger partial charge in [-0.15, -0.1) is 0 Å². The average Bonchev–Trinajstić information content (AvgIpc) is 3.18. The van der Waals surface area contributed by atoms with Crippen LogP contribution in [0.4, 0.5) is 11.5 Å². The molecule has 20 heavy (non-hydrogen) atoms. The molecule has 4 nitrogen and oxygen atoms in total. The summed E-state index contributed by atoms with van der Waals surface area (Å²) in [6, 6.07) is 4.35. The summed E-state index contributed by atoms with van der Waals surface area (Å²) in [5.74, 6) is 2.18. The molecule has 2 saturated carbocycles. The quantitative estimate of drug-likeness (QED) is 0.843. The highest BCUT2D eigenvalue weighted by Gasteiger charge is 2.27. The van der Waals surface area contributed by atoms with Crippen molar-refractivity contribution in [3.05, 3.63) is 12.1 Å². The van der Waals surface area contributed by atoms with Gasteiger partial charge in [-0.05, 0) is 50.0 Å². The summed E-state index contributed by atoms with van der Waals surface area (Å²) in [5, 5.41) is 4.23. The molecule has 0 amide bonds. The van der Waals surface area contributed by atoms with Crippen LogP contribution in [0.5, 0.6) is 5.88 Å². The molecule has 1 aromatic heterocycles. The topological polar surface area (TPSA) is 60.2 Å². The predicted molar refractivity (Wildman–Crippen MR) is 85.4 cm³/mol. The van der Waals surface area contributed by atoms with E-state index < -0.39 is 0 Å². The Balaban J connectivity index is 1.64. The van der Waals surface area contributed by atoms with Crippen LogP contribution in [0.15, 0.2) is 12.1 Å². The molecular formula is C15H23N3OS. The number of ether oxygens (including phenoxy) is 1. The molecule has 1 aromatic rings. The van der Waals surface area contributed by atoms with Gasteiger partial charge in [0.2, 0.25) is 5.88 Å². The maximum Gasteiger partial charge on any atom is 0.239 e. The number of anilines is 2. The normalized spacial score (nSPS) is 25.6. The highest BCUT2D eigenvalue weighted by atomic mass is 32.2. The molecule has 110 valence electrons. The van der Waals surface area contributed by atoms with Crippen LogP contribution in [0.2, 0.25) is 0 Å². The van der Waals surface area contributed by atoms with Crippen LogP contribution in [0, 0.1) is 5.92 Å². The van der Waals surface area contributed by atoms with Gasteiger partial charge < -0.3 is 15.8 Å². The number of pyridine rings is 1. The van der Waals surface area contributed by atoms with E-state index in [0.29, 0.717) is 28.8 Å². The van der Waals surface area contributed by atoms with Crippen LogP contribution in [-0.2, 0) is 0 Å². The minimum Gasteiger partial charge on any atom is -0.476 e. The number of hydrogen-bond donors (Lipinski definition) is 2. The molecule has 1 heterocycles. The molecule has 2 atom stereocenters. The first-order valence-corrected chi connectivity index (χ1v) is 8.73. The molecule has 2 aliphatic carbocycles. The van der Waals surface area contributed by atoms with Crippen molar-refractivity contribution >= 4 is 23.3 Å². The maximum atomic E-state index is 5.94. The summed E-state index contributed by atoms with van der Waals surface area (Å²) in [5.41, 5.74) is 6.57. The minimum atomic E-state index is 0.511. The van der Waals surface area contributed by atoms with Gasteiger partial charge in [-0.1, -0.05) is 6.42 Å². The number of nitrogen functional groups attached to an aromatic ring is 1. The van der Waals surface area contributed by atoms with Crippen LogP contribution >= 0.6 is 11.8 Å². The zero-order chi connectivity index (χ0) is 13.9. The third-order valence-corrected chi connectivity index (χ3v) is 5.30. The smallest absolute Gasteiger partial charge is 0.239 e. The molecule has 2 unspecified atom stereocenters. The van der Waals surface area contributed by atoms with Crippen LogP contribution in [0.3, 0.4) is 0 Å². The molecule has 0 bridgehead atoms. The van der Waals surface area contributed by atoms with Crippen molar-refractivity contribution in [2.24, 2.45) is 5.92 Å². The lowest BCUT2D eigenvalue weighted by Crippen LogP contribution is -2.26. The lowest BCUT2D eigenvalue weighted by molar-refractivity contribution is 0.290. The minimum absolute atomic E-state index is 0.511. The van der Waals surface area contributed by atoms with E-state index in [0.717, 1.165) is 12.4 Å². The summed E-state index contributed by atoms with van der Waals surface area (Å²) in [6.45, 7) is 0.748. The van der Waals surface area contributed by atoms with E-state index in [1.54, 1.807) is 0 Å². The largest absolute Gasteiger partial charge is 0.476 e. The van der Waals surface area contributed by atoms with Gasteiger partial charge in [-0.2, -0.15) is 16.7 Å². The number of aromatic nitrogens is 1. The Kier molecular flexibility index (Phi) is 4.24. The van der Waals surface area contributed by atoms with Crippen molar-refractivity contribution in [2.45, 2.75) is 43.4 Å². The third kappa shape index (κ3) is 3.32. The van der Waals surface area contributed by atoms with Gasteiger partial charge in [0.1, 0.15) is 5.82 Å². The molecule has 2 fully saturated rings. The molecule has 0 spiro atoms. The van der Waals surface area contributed by atoms with Gasteiger partial charge in [0, 0.05) is 11.3 Å². The molecule has 0 aliphatic heterocycles. The Morgan fingerprint density at radius 3 is 2.95 bits per heavy atom. The molecule has 5 heteroatoms. The van der Waals surface area contributed by atoms with Crippen LogP contribution in [0.25, 0.3) is 0 Å². The van der Waals surface area contributed by atoms with E-state index in [2.05, 4.69) is 16.6 Å². The standard InChI is InChI=1S/C15H23N3OS/c1-20-13-4-2-3-12(13)17-14-8-7-11(16)15(18-14)19-9-10-5-6-10/h7-8,10,12-13H,2-6,9,16H2,1H3,(H,17,18). The first-order valence-electron chi connectivity index (χ1n) is 7.45. The number of rotatable bonds is 6. The second kappa shape index (κ2) is 6.12. The molecule has 0 aromatic carbocycles. The first kappa shape index (κ1) is 13.9. The van der Waals surface area contributed by atoms with Crippen LogP contribution in [-0.4, -0.2) is 29.1 Å². The zero-order valence-electron chi connectivity index (χ0n) is 12.0. The summed E-state index contributed by atoms with van der Waals surface area (Å²) in [7, 11) is 0. The van der Waals surface area contributed by atoms with E-state index >= 15 is 0 Å². The van der Waals surface area contributed by atoms with Gasteiger partial charge in [0.05, 0.1) is 12.3 Å². The molecule has 2 aliphatic rings. The fourth-order valence-electron chi connectivity index (χ4n) is 2.69. The number of thioether (sulfide) groups is 1. The van der Waals surface area contributed by atoms with Gasteiger partial charge in [0.25, 0.3) is 0 Å². The Morgan fingerprint density at radius 2 is 2.20 bits per heavy atom. The number of nitrogens with one attached hydrogen (secondary N) is 1. The molecular weight excluding hydrogens is 270 g/mol. The van der Waals surface area contributed by atoms with Gasteiger partial charge in [-0.3, -0.25) is 0 Å². The molecule has 3 rings (SSSR count). The maximum absolute atomic E-state index is 5.94. The second-order valence-electron chi connectivity index (χ2n) is 5.80. The number of hydrogen-bond acceptors (Lipinski definition) is 5. The van der Waals surface area contributed by atoms with E-state index in [1.165, 1.54) is 32.1 Å². The van der Waals surface area contributed by atoms with E-state index in [4.69, 9.17) is 10.5 Å². The summed E-state index contributed by atoms with van der Waals surface area (Å²) in [4.78, 5) is 4.54. The number of nitrogens with zero attached hydrogens (tertiary/aromatic N) is 1. The first-order chi connectivity index (χ1) is 9.76. The van der Waals surface area contributed by atoms with Crippen molar-refractivity contribution < 1.29 is 4.74 Å². The molecule has 0 radical (unpaired) electrons. The Bertz CT molecular complexity index is 464.